The van der Waals surface area contributed by atoms with Gasteiger partial charge in [-0.2, -0.15) is 5.26 Å². The summed E-state index contributed by atoms with van der Waals surface area (Å²) in [5.41, 5.74) is 12.0. The zero-order chi connectivity index (χ0) is 20.7. The Morgan fingerprint density at radius 1 is 1.07 bits per heavy atom. The molecule has 28 heavy (non-hydrogen) atoms. The first-order valence-corrected chi connectivity index (χ1v) is 9.27. The summed E-state index contributed by atoms with van der Waals surface area (Å²) in [5, 5.41) is 9.58. The van der Waals surface area contributed by atoms with E-state index in [2.05, 4.69) is 48.8 Å². The Kier molecular flexibility index (Phi) is 4.84. The number of hydrogen-bond donors (Lipinski definition) is 1. The Balaban J connectivity index is 2.50. The van der Waals surface area contributed by atoms with Gasteiger partial charge in [0.05, 0.1) is 23.6 Å². The molecule has 1 aromatic heterocycles. The Morgan fingerprint density at radius 3 is 2.14 bits per heavy atom. The molecule has 1 aliphatic heterocycles. The van der Waals surface area contributed by atoms with Crippen molar-refractivity contribution in [3.05, 3.63) is 79.6 Å². The molecule has 2 heterocycles. The van der Waals surface area contributed by atoms with Crippen LogP contribution in [0.15, 0.2) is 34.0 Å². The third-order valence-corrected chi connectivity index (χ3v) is 5.41. The average molecular weight is 368 g/mol. The second-order valence-electron chi connectivity index (χ2n) is 7.52. The van der Waals surface area contributed by atoms with Gasteiger partial charge in [0.2, 0.25) is 5.69 Å². The second kappa shape index (κ2) is 6.98. The molecule has 1 N–H and O–H groups in total. The third-order valence-electron chi connectivity index (χ3n) is 5.41. The van der Waals surface area contributed by atoms with Crippen LogP contribution in [0.5, 0.6) is 0 Å². The van der Waals surface area contributed by atoms with Crippen molar-refractivity contribution in [3.63, 3.8) is 0 Å². The molecule has 1 aliphatic rings. The van der Waals surface area contributed by atoms with Crippen molar-refractivity contribution in [2.45, 2.75) is 48.5 Å². The van der Waals surface area contributed by atoms with Gasteiger partial charge in [-0.25, -0.2) is 4.85 Å². The van der Waals surface area contributed by atoms with E-state index in [9.17, 15) is 5.26 Å². The van der Waals surface area contributed by atoms with E-state index in [0.717, 1.165) is 56.2 Å². The molecule has 3 rings (SSSR count). The minimum absolute atomic E-state index is 0.626. The maximum absolute atomic E-state index is 9.58. The molecule has 0 unspecified atom stereocenters. The number of aryl methyl sites for hydroxylation is 4. The van der Waals surface area contributed by atoms with E-state index >= 15 is 0 Å². The number of allylic oxidation sites excluding steroid dienone is 2. The van der Waals surface area contributed by atoms with Crippen LogP contribution in [0.3, 0.4) is 0 Å². The predicted molar refractivity (Wildman–Crippen MR) is 115 cm³/mol. The van der Waals surface area contributed by atoms with E-state index in [1.807, 2.05) is 27.7 Å². The lowest BCUT2D eigenvalue weighted by atomic mass is 9.88. The fourth-order valence-electron chi connectivity index (χ4n) is 4.20. The molecule has 0 atom stereocenters. The zero-order valence-electron chi connectivity index (χ0n) is 17.5. The van der Waals surface area contributed by atoms with Gasteiger partial charge < -0.3 is 4.98 Å². The molecule has 140 valence electrons. The van der Waals surface area contributed by atoms with Gasteiger partial charge in [-0.15, -0.1) is 0 Å². The Hall–Kier alpha value is -3.37. The minimum Gasteiger partial charge on any atom is -0.369 e. The molecule has 0 fully saturated rings. The summed E-state index contributed by atoms with van der Waals surface area (Å²) in [7, 11) is 0. The van der Waals surface area contributed by atoms with Crippen LogP contribution in [-0.4, -0.2) is 10.7 Å². The maximum Gasteiger partial charge on any atom is 0.210 e. The van der Waals surface area contributed by atoms with Gasteiger partial charge in [-0.3, -0.25) is 4.99 Å². The largest absolute Gasteiger partial charge is 0.369 e. The molecule has 2 aromatic rings. The van der Waals surface area contributed by atoms with Gasteiger partial charge in [0.1, 0.15) is 6.07 Å². The lowest BCUT2D eigenvalue weighted by Gasteiger charge is -2.18. The van der Waals surface area contributed by atoms with Gasteiger partial charge in [0, 0.05) is 17.0 Å². The lowest BCUT2D eigenvalue weighted by molar-refractivity contribution is 1.19. The molecule has 0 bridgehead atoms. The fourth-order valence-corrected chi connectivity index (χ4v) is 4.20. The number of benzene rings is 1. The molecular weight excluding hydrogens is 344 g/mol. The summed E-state index contributed by atoms with van der Waals surface area (Å²) in [6.07, 6.45) is 0. The third kappa shape index (κ3) is 2.88. The van der Waals surface area contributed by atoms with Gasteiger partial charge in [0.15, 0.2) is 0 Å². The first-order valence-electron chi connectivity index (χ1n) is 9.27. The smallest absolute Gasteiger partial charge is 0.210 e. The van der Waals surface area contributed by atoms with E-state index in [-0.39, 0.29) is 0 Å². The van der Waals surface area contributed by atoms with Crippen LogP contribution in [0.4, 0.5) is 5.69 Å². The van der Waals surface area contributed by atoms with Crippen molar-refractivity contribution >= 4 is 17.0 Å². The minimum atomic E-state index is 0.626. The average Bonchev–Trinajstić information content (AvgIpc) is 3.05. The normalized spacial score (nSPS) is 15.4. The zero-order valence-corrected chi connectivity index (χ0v) is 17.5. The number of aromatic nitrogens is 1. The van der Waals surface area contributed by atoms with Gasteiger partial charge in [-0.05, 0) is 76.3 Å². The first kappa shape index (κ1) is 19.4. The topological polar surface area (TPSA) is 56.3 Å². The number of H-pyrrole nitrogens is 1. The predicted octanol–water partition coefficient (Wildman–Crippen LogP) is 6.18. The highest BCUT2D eigenvalue weighted by Gasteiger charge is 2.27. The van der Waals surface area contributed by atoms with E-state index in [4.69, 9.17) is 11.6 Å². The Morgan fingerprint density at radius 2 is 1.68 bits per heavy atom. The van der Waals surface area contributed by atoms with Crippen molar-refractivity contribution < 1.29 is 0 Å². The molecule has 0 spiro atoms. The highest BCUT2D eigenvalue weighted by atomic mass is 14.8. The fraction of sp³-hybridized carbons (Fsp3) is 0.292. The number of nitrogens with zero attached hydrogens (tertiary/aromatic N) is 3. The summed E-state index contributed by atoms with van der Waals surface area (Å²) in [6.45, 7) is 21.6. The Labute approximate surface area is 166 Å². The van der Waals surface area contributed by atoms with Crippen molar-refractivity contribution in [2.24, 2.45) is 4.99 Å². The van der Waals surface area contributed by atoms with Crippen LogP contribution in [-0.2, 0) is 0 Å². The molecule has 0 saturated heterocycles. The van der Waals surface area contributed by atoms with Crippen molar-refractivity contribution in [3.8, 4) is 6.07 Å². The van der Waals surface area contributed by atoms with Crippen LogP contribution in [0.1, 0.15) is 53.1 Å². The highest BCUT2D eigenvalue weighted by Crippen LogP contribution is 2.42. The lowest BCUT2D eigenvalue weighted by Crippen LogP contribution is -2.02. The summed E-state index contributed by atoms with van der Waals surface area (Å²) in [6, 6.07) is 6.62. The van der Waals surface area contributed by atoms with E-state index in [1.54, 1.807) is 0 Å². The molecule has 1 aromatic carbocycles. The molecule has 0 saturated carbocycles. The first-order chi connectivity index (χ1) is 13.2. The number of hydrogen-bond acceptors (Lipinski definition) is 2. The molecule has 0 aliphatic carbocycles. The van der Waals surface area contributed by atoms with Crippen LogP contribution >= 0.6 is 0 Å². The highest BCUT2D eigenvalue weighted by molar-refractivity contribution is 6.08. The number of aromatic amines is 1. The van der Waals surface area contributed by atoms with E-state index in [1.165, 1.54) is 5.56 Å². The number of nitrogens with one attached hydrogen (secondary N) is 1. The summed E-state index contributed by atoms with van der Waals surface area (Å²) in [5.74, 6) is 0. The van der Waals surface area contributed by atoms with Crippen LogP contribution in [0.25, 0.3) is 10.4 Å². The number of aliphatic imine (C=N–C) groups is 1. The molecular formula is C24H24N4. The number of nitriles is 1. The van der Waals surface area contributed by atoms with Gasteiger partial charge >= 0.3 is 0 Å². The molecule has 0 radical (unpaired) electrons. The van der Waals surface area contributed by atoms with E-state index < -0.39 is 0 Å². The summed E-state index contributed by atoms with van der Waals surface area (Å²) < 4.78 is 0. The Bertz CT molecular complexity index is 1160. The molecule has 0 amide bonds. The maximum atomic E-state index is 9.58. The van der Waals surface area contributed by atoms with Crippen molar-refractivity contribution in [2.75, 3.05) is 0 Å². The van der Waals surface area contributed by atoms with Crippen LogP contribution < -0.4 is 0 Å². The second-order valence-corrected chi connectivity index (χ2v) is 7.52. The summed E-state index contributed by atoms with van der Waals surface area (Å²) in [4.78, 5) is 11.9. The van der Waals surface area contributed by atoms with E-state index in [0.29, 0.717) is 11.3 Å². The SMILES string of the molecule is [C-]#[N+]c1c(C)[nH]c(/C(=C2\N=C(C)C(C#N)=C2C)c2c(C)cc(C)cc2C)c1C. The monoisotopic (exact) mass is 368 g/mol. The standard InChI is InChI=1S/C24H24N4/c1-12-9-13(2)20(14(3)10-12)21(23-15(4)19(11-25)17(6)27-23)24-16(5)22(26-8)18(7)28-24/h9-10,28H,1-7H3/b23-21-. The van der Waals surface area contributed by atoms with Gasteiger partial charge in [-0.1, -0.05) is 17.7 Å². The van der Waals surface area contributed by atoms with Crippen LogP contribution in [0.2, 0.25) is 0 Å². The van der Waals surface area contributed by atoms with Crippen LogP contribution in [0, 0.1) is 52.5 Å². The summed E-state index contributed by atoms with van der Waals surface area (Å²) >= 11 is 0. The van der Waals surface area contributed by atoms with Gasteiger partial charge in [0.25, 0.3) is 0 Å². The van der Waals surface area contributed by atoms with Crippen molar-refractivity contribution in [1.29, 1.82) is 5.26 Å². The number of rotatable bonds is 2. The quantitative estimate of drug-likeness (QED) is 0.632. The molecule has 4 heteroatoms. The van der Waals surface area contributed by atoms with Crippen molar-refractivity contribution in [1.82, 2.24) is 4.98 Å². The molecule has 4 nitrogen and oxygen atoms in total.